The molecule has 0 spiro atoms. The van der Waals surface area contributed by atoms with Gasteiger partial charge < -0.3 is 14.8 Å². The van der Waals surface area contributed by atoms with E-state index in [-0.39, 0.29) is 24.1 Å². The molecule has 6 heteroatoms. The summed E-state index contributed by atoms with van der Waals surface area (Å²) in [5.41, 5.74) is 0.882. The average Bonchev–Trinajstić information content (AvgIpc) is 2.81. The van der Waals surface area contributed by atoms with Crippen molar-refractivity contribution in [2.45, 2.75) is 19.8 Å². The summed E-state index contributed by atoms with van der Waals surface area (Å²) < 4.78 is 10.5. The zero-order chi connectivity index (χ0) is 14.0. The highest BCUT2D eigenvalue weighted by Gasteiger charge is 2.29. The lowest BCUT2D eigenvalue weighted by Gasteiger charge is -2.21. The Bertz CT molecular complexity index is 488. The van der Waals surface area contributed by atoms with E-state index in [2.05, 4.69) is 19.2 Å². The predicted octanol–water partition coefficient (Wildman–Crippen LogP) is 2.28. The standard InChI is InChI=1S/C13H18N2O4/c1-8(2)10(6-14-3)9-4-11(15(16)17)13-12(5-9)18-7-19-13/h4-5,8,10,14H,6-7H2,1-3H3. The van der Waals surface area contributed by atoms with Gasteiger partial charge in [-0.05, 0) is 30.5 Å². The predicted molar refractivity (Wildman–Crippen MR) is 70.7 cm³/mol. The van der Waals surface area contributed by atoms with Crippen LogP contribution in [0.4, 0.5) is 5.69 Å². The second-order valence-corrected chi connectivity index (χ2v) is 4.94. The first-order valence-corrected chi connectivity index (χ1v) is 6.27. The number of ether oxygens (including phenoxy) is 2. The fourth-order valence-corrected chi connectivity index (χ4v) is 2.32. The van der Waals surface area contributed by atoms with Gasteiger partial charge in [-0.2, -0.15) is 0 Å². The van der Waals surface area contributed by atoms with Crippen LogP contribution in [0, 0.1) is 16.0 Å². The van der Waals surface area contributed by atoms with Gasteiger partial charge in [-0.25, -0.2) is 0 Å². The normalized spacial score (nSPS) is 14.7. The van der Waals surface area contributed by atoms with Crippen molar-refractivity contribution >= 4 is 5.69 Å². The Labute approximate surface area is 111 Å². The van der Waals surface area contributed by atoms with Gasteiger partial charge in [-0.1, -0.05) is 13.8 Å². The number of rotatable bonds is 5. The van der Waals surface area contributed by atoms with Crippen LogP contribution < -0.4 is 14.8 Å². The Balaban J connectivity index is 2.46. The lowest BCUT2D eigenvalue weighted by atomic mass is 9.88. The number of fused-ring (bicyclic) bond motifs is 1. The molecular weight excluding hydrogens is 248 g/mol. The third-order valence-electron chi connectivity index (χ3n) is 3.33. The number of nitro groups is 1. The van der Waals surface area contributed by atoms with E-state index in [0.29, 0.717) is 11.7 Å². The Hall–Kier alpha value is -1.82. The maximum absolute atomic E-state index is 11.1. The molecule has 104 valence electrons. The van der Waals surface area contributed by atoms with Crippen molar-refractivity contribution in [1.29, 1.82) is 0 Å². The molecule has 0 aliphatic carbocycles. The molecule has 1 aromatic carbocycles. The van der Waals surface area contributed by atoms with Crippen LogP contribution in [0.2, 0.25) is 0 Å². The summed E-state index contributed by atoms with van der Waals surface area (Å²) in [6.45, 7) is 4.99. The first kappa shape index (κ1) is 13.6. The molecule has 0 saturated carbocycles. The van der Waals surface area contributed by atoms with Gasteiger partial charge in [0.25, 0.3) is 0 Å². The maximum Gasteiger partial charge on any atom is 0.315 e. The van der Waals surface area contributed by atoms with E-state index in [1.165, 1.54) is 0 Å². The summed E-state index contributed by atoms with van der Waals surface area (Å²) in [6.07, 6.45) is 0. The minimum Gasteiger partial charge on any atom is -0.453 e. The van der Waals surface area contributed by atoms with Crippen LogP contribution in [0.15, 0.2) is 12.1 Å². The number of likely N-dealkylation sites (N-methyl/N-ethyl adjacent to an activating group) is 1. The maximum atomic E-state index is 11.1. The highest BCUT2D eigenvalue weighted by atomic mass is 16.7. The van der Waals surface area contributed by atoms with Gasteiger partial charge in [-0.3, -0.25) is 10.1 Å². The number of benzene rings is 1. The molecule has 1 N–H and O–H groups in total. The van der Waals surface area contributed by atoms with Crippen molar-refractivity contribution in [2.24, 2.45) is 5.92 Å². The van der Waals surface area contributed by atoms with E-state index in [4.69, 9.17) is 9.47 Å². The second kappa shape index (κ2) is 5.44. The largest absolute Gasteiger partial charge is 0.453 e. The second-order valence-electron chi connectivity index (χ2n) is 4.94. The molecule has 0 fully saturated rings. The van der Waals surface area contributed by atoms with Crippen LogP contribution in [-0.2, 0) is 0 Å². The minimum atomic E-state index is -0.423. The van der Waals surface area contributed by atoms with Crippen molar-refractivity contribution in [3.05, 3.63) is 27.8 Å². The number of hydrogen-bond donors (Lipinski definition) is 1. The molecule has 0 radical (unpaired) electrons. The molecule has 1 unspecified atom stereocenters. The molecule has 2 rings (SSSR count). The van der Waals surface area contributed by atoms with E-state index < -0.39 is 4.92 Å². The van der Waals surface area contributed by atoms with Crippen molar-refractivity contribution in [2.75, 3.05) is 20.4 Å². The third-order valence-corrected chi connectivity index (χ3v) is 3.33. The highest BCUT2D eigenvalue weighted by molar-refractivity contribution is 5.59. The molecule has 1 atom stereocenters. The summed E-state index contributed by atoms with van der Waals surface area (Å²) >= 11 is 0. The highest BCUT2D eigenvalue weighted by Crippen LogP contribution is 2.43. The van der Waals surface area contributed by atoms with E-state index >= 15 is 0 Å². The fourth-order valence-electron chi connectivity index (χ4n) is 2.32. The van der Waals surface area contributed by atoms with E-state index in [1.807, 2.05) is 13.1 Å². The van der Waals surface area contributed by atoms with Gasteiger partial charge in [0.2, 0.25) is 12.5 Å². The number of hydrogen-bond acceptors (Lipinski definition) is 5. The quantitative estimate of drug-likeness (QED) is 0.653. The fraction of sp³-hybridized carbons (Fsp3) is 0.538. The summed E-state index contributed by atoms with van der Waals surface area (Å²) in [6, 6.07) is 3.44. The Morgan fingerprint density at radius 3 is 2.74 bits per heavy atom. The van der Waals surface area contributed by atoms with Gasteiger partial charge in [0, 0.05) is 12.6 Å². The number of nitrogens with zero attached hydrogens (tertiary/aromatic N) is 1. The molecule has 19 heavy (non-hydrogen) atoms. The van der Waals surface area contributed by atoms with Crippen LogP contribution >= 0.6 is 0 Å². The molecule has 1 aliphatic rings. The lowest BCUT2D eigenvalue weighted by Crippen LogP contribution is -2.21. The molecule has 1 aromatic rings. The zero-order valence-electron chi connectivity index (χ0n) is 11.3. The number of nitrogens with one attached hydrogen (secondary N) is 1. The Morgan fingerprint density at radius 2 is 2.16 bits per heavy atom. The smallest absolute Gasteiger partial charge is 0.315 e. The SMILES string of the molecule is CNCC(c1cc2c(c([N+](=O)[O-])c1)OCO2)C(C)C. The van der Waals surface area contributed by atoms with Crippen LogP contribution in [-0.4, -0.2) is 25.3 Å². The van der Waals surface area contributed by atoms with Gasteiger partial charge in [0.15, 0.2) is 5.75 Å². The summed E-state index contributed by atoms with van der Waals surface area (Å²) in [7, 11) is 1.87. The van der Waals surface area contributed by atoms with Crippen LogP contribution in [0.3, 0.4) is 0 Å². The molecular formula is C13H18N2O4. The van der Waals surface area contributed by atoms with Gasteiger partial charge >= 0.3 is 5.69 Å². The Morgan fingerprint density at radius 1 is 1.42 bits per heavy atom. The van der Waals surface area contributed by atoms with Crippen molar-refractivity contribution in [1.82, 2.24) is 5.32 Å². The summed E-state index contributed by atoms with van der Waals surface area (Å²) in [4.78, 5) is 10.7. The van der Waals surface area contributed by atoms with Gasteiger partial charge in [-0.15, -0.1) is 0 Å². The van der Waals surface area contributed by atoms with Crippen molar-refractivity contribution < 1.29 is 14.4 Å². The number of nitro benzene ring substituents is 1. The van der Waals surface area contributed by atoms with Gasteiger partial charge in [0.1, 0.15) is 0 Å². The molecule has 0 aromatic heterocycles. The van der Waals surface area contributed by atoms with Crippen LogP contribution in [0.1, 0.15) is 25.3 Å². The summed E-state index contributed by atoms with van der Waals surface area (Å²) in [5, 5.41) is 14.2. The molecule has 1 aliphatic heterocycles. The first-order chi connectivity index (χ1) is 9.04. The molecule has 1 heterocycles. The molecule has 0 saturated heterocycles. The van der Waals surface area contributed by atoms with Gasteiger partial charge in [0.05, 0.1) is 4.92 Å². The lowest BCUT2D eigenvalue weighted by molar-refractivity contribution is -0.385. The third kappa shape index (κ3) is 2.63. The zero-order valence-corrected chi connectivity index (χ0v) is 11.3. The minimum absolute atomic E-state index is 0.0215. The van der Waals surface area contributed by atoms with E-state index in [9.17, 15) is 10.1 Å². The van der Waals surface area contributed by atoms with Crippen molar-refractivity contribution in [3.63, 3.8) is 0 Å². The average molecular weight is 266 g/mol. The Kier molecular flexibility index (Phi) is 3.90. The topological polar surface area (TPSA) is 73.6 Å². The van der Waals surface area contributed by atoms with Crippen LogP contribution in [0.25, 0.3) is 0 Å². The first-order valence-electron chi connectivity index (χ1n) is 6.27. The van der Waals surface area contributed by atoms with Crippen molar-refractivity contribution in [3.8, 4) is 11.5 Å². The van der Waals surface area contributed by atoms with E-state index in [0.717, 1.165) is 12.1 Å². The molecule has 6 nitrogen and oxygen atoms in total. The summed E-state index contributed by atoms with van der Waals surface area (Å²) in [5.74, 6) is 1.26. The molecule has 0 amide bonds. The van der Waals surface area contributed by atoms with E-state index in [1.54, 1.807) is 6.07 Å². The van der Waals surface area contributed by atoms with Crippen LogP contribution in [0.5, 0.6) is 11.5 Å². The molecule has 0 bridgehead atoms. The monoisotopic (exact) mass is 266 g/mol.